The van der Waals surface area contributed by atoms with Crippen molar-refractivity contribution < 1.29 is 24.9 Å². The number of hydrogen-bond donors (Lipinski definition) is 3. The molecule has 0 aromatic carbocycles. The summed E-state index contributed by atoms with van der Waals surface area (Å²) in [5.74, 6) is -2.12. The van der Waals surface area contributed by atoms with Gasteiger partial charge in [-0.25, -0.2) is 0 Å². The molecule has 1 aliphatic heterocycles. The van der Waals surface area contributed by atoms with Crippen LogP contribution in [0.2, 0.25) is 0 Å². The number of hydrogen-bond acceptors (Lipinski definition) is 4. The molecule has 18 heavy (non-hydrogen) atoms. The highest BCUT2D eigenvalue weighted by atomic mass is 16.4. The van der Waals surface area contributed by atoms with E-state index in [-0.39, 0.29) is 24.9 Å². The summed E-state index contributed by atoms with van der Waals surface area (Å²) in [4.78, 5) is 24.8. The summed E-state index contributed by atoms with van der Waals surface area (Å²) in [5.41, 5.74) is 0. The molecule has 0 aromatic heterocycles. The molecule has 1 heterocycles. The minimum atomic E-state index is -0.932. The van der Waals surface area contributed by atoms with Gasteiger partial charge in [0.05, 0.1) is 24.0 Å². The molecule has 3 N–H and O–H groups in total. The average molecular weight is 257 g/mol. The van der Waals surface area contributed by atoms with Crippen LogP contribution in [-0.2, 0) is 9.59 Å². The number of aliphatic hydroxyl groups is 2. The second-order valence-corrected chi connectivity index (χ2v) is 5.51. The molecule has 5 atom stereocenters. The number of aliphatic hydroxyl groups excluding tert-OH is 2. The number of β-amino-alcohol motifs (C(OH)–C–C–N with tert-alkyl or cyclic N) is 2. The van der Waals surface area contributed by atoms with E-state index in [0.29, 0.717) is 12.8 Å². The molecule has 0 radical (unpaired) electrons. The first-order valence-electron chi connectivity index (χ1n) is 6.28. The van der Waals surface area contributed by atoms with Crippen LogP contribution < -0.4 is 0 Å². The maximum absolute atomic E-state index is 12.2. The highest BCUT2D eigenvalue weighted by Crippen LogP contribution is 2.38. The van der Waals surface area contributed by atoms with Crippen LogP contribution in [0, 0.1) is 17.8 Å². The maximum Gasteiger partial charge on any atom is 0.307 e. The molecular formula is C12H19NO5. The Bertz CT molecular complexity index is 348. The van der Waals surface area contributed by atoms with Gasteiger partial charge < -0.3 is 20.2 Å². The number of nitrogens with zero attached hydrogens (tertiary/aromatic N) is 1. The highest BCUT2D eigenvalue weighted by molar-refractivity contribution is 5.85. The van der Waals surface area contributed by atoms with E-state index in [1.54, 1.807) is 0 Å². The molecule has 1 amide bonds. The van der Waals surface area contributed by atoms with E-state index in [4.69, 9.17) is 5.11 Å². The predicted octanol–water partition coefficient (Wildman–Crippen LogP) is -0.703. The van der Waals surface area contributed by atoms with Crippen LogP contribution in [0.1, 0.15) is 19.8 Å². The topological polar surface area (TPSA) is 98.1 Å². The van der Waals surface area contributed by atoms with Gasteiger partial charge >= 0.3 is 5.97 Å². The molecule has 2 aliphatic rings. The van der Waals surface area contributed by atoms with Crippen molar-refractivity contribution in [2.24, 2.45) is 17.8 Å². The molecule has 2 fully saturated rings. The first-order valence-corrected chi connectivity index (χ1v) is 6.28. The minimum Gasteiger partial charge on any atom is -0.481 e. The molecule has 1 saturated carbocycles. The lowest BCUT2D eigenvalue weighted by Gasteiger charge is -2.22. The number of aliphatic carboxylic acids is 1. The Morgan fingerprint density at radius 2 is 1.56 bits per heavy atom. The van der Waals surface area contributed by atoms with Crippen molar-refractivity contribution in [1.82, 2.24) is 4.90 Å². The average Bonchev–Trinajstić information content (AvgIpc) is 2.82. The van der Waals surface area contributed by atoms with Gasteiger partial charge in [-0.05, 0) is 18.8 Å². The first-order chi connectivity index (χ1) is 8.40. The van der Waals surface area contributed by atoms with Gasteiger partial charge in [0, 0.05) is 13.1 Å². The van der Waals surface area contributed by atoms with Crippen LogP contribution in [0.15, 0.2) is 0 Å². The monoisotopic (exact) mass is 257 g/mol. The van der Waals surface area contributed by atoms with Gasteiger partial charge in [-0.2, -0.15) is 0 Å². The molecule has 6 nitrogen and oxygen atoms in total. The van der Waals surface area contributed by atoms with Crippen molar-refractivity contribution in [2.45, 2.75) is 32.0 Å². The SMILES string of the molecule is CC1CC(C(=O)O)C(C(=O)N2C[C@@H](O)[C@@H](O)C2)C1. The first kappa shape index (κ1) is 13.3. The van der Waals surface area contributed by atoms with Crippen molar-refractivity contribution in [1.29, 1.82) is 0 Å². The Morgan fingerprint density at radius 3 is 2.06 bits per heavy atom. The quantitative estimate of drug-likeness (QED) is 0.607. The zero-order valence-corrected chi connectivity index (χ0v) is 10.3. The number of rotatable bonds is 2. The normalized spacial score (nSPS) is 40.2. The molecule has 102 valence electrons. The van der Waals surface area contributed by atoms with Gasteiger partial charge in [0.25, 0.3) is 0 Å². The van der Waals surface area contributed by atoms with E-state index in [2.05, 4.69) is 0 Å². The summed E-state index contributed by atoms with van der Waals surface area (Å²) >= 11 is 0. The van der Waals surface area contributed by atoms with Crippen LogP contribution in [-0.4, -0.2) is 57.4 Å². The number of likely N-dealkylation sites (tertiary alicyclic amines) is 1. The lowest BCUT2D eigenvalue weighted by Crippen LogP contribution is -2.38. The van der Waals surface area contributed by atoms with E-state index < -0.39 is 30.0 Å². The minimum absolute atomic E-state index is 0.0945. The number of carbonyl (C=O) groups is 2. The Morgan fingerprint density at radius 1 is 1.06 bits per heavy atom. The third-order valence-electron chi connectivity index (χ3n) is 4.00. The van der Waals surface area contributed by atoms with Crippen molar-refractivity contribution in [3.63, 3.8) is 0 Å². The molecule has 0 aromatic rings. The summed E-state index contributed by atoms with van der Waals surface area (Å²) in [6, 6.07) is 0. The summed E-state index contributed by atoms with van der Waals surface area (Å²) in [7, 11) is 0. The molecule has 0 spiro atoms. The second kappa shape index (κ2) is 4.85. The fourth-order valence-electron chi connectivity index (χ4n) is 3.02. The zero-order chi connectivity index (χ0) is 13.4. The smallest absolute Gasteiger partial charge is 0.307 e. The van der Waals surface area contributed by atoms with Crippen molar-refractivity contribution >= 4 is 11.9 Å². The van der Waals surface area contributed by atoms with Gasteiger partial charge in [-0.15, -0.1) is 0 Å². The van der Waals surface area contributed by atoms with Crippen LogP contribution in [0.4, 0.5) is 0 Å². The fourth-order valence-corrected chi connectivity index (χ4v) is 3.02. The standard InChI is InChI=1S/C12H19NO5/c1-6-2-7(8(3-6)12(17)18)11(16)13-4-9(14)10(15)5-13/h6-10,14-15H,2-5H2,1H3,(H,17,18)/t6?,7?,8?,9-,10+. The number of carboxylic acids is 1. The Hall–Kier alpha value is -1.14. The Labute approximate surface area is 105 Å². The molecule has 1 aliphatic carbocycles. The molecular weight excluding hydrogens is 238 g/mol. The maximum atomic E-state index is 12.2. The van der Waals surface area contributed by atoms with Crippen LogP contribution >= 0.6 is 0 Å². The molecule has 2 rings (SSSR count). The van der Waals surface area contributed by atoms with E-state index in [1.165, 1.54) is 4.90 Å². The molecule has 1 saturated heterocycles. The second-order valence-electron chi connectivity index (χ2n) is 5.51. The number of carbonyl (C=O) groups excluding carboxylic acids is 1. The van der Waals surface area contributed by atoms with E-state index in [0.717, 1.165) is 0 Å². The van der Waals surface area contributed by atoms with Crippen molar-refractivity contribution in [2.75, 3.05) is 13.1 Å². The molecule has 3 unspecified atom stereocenters. The van der Waals surface area contributed by atoms with Crippen molar-refractivity contribution in [3.05, 3.63) is 0 Å². The van der Waals surface area contributed by atoms with Crippen molar-refractivity contribution in [3.8, 4) is 0 Å². The number of amides is 1. The zero-order valence-electron chi connectivity index (χ0n) is 10.3. The summed E-state index contributed by atoms with van der Waals surface area (Å²) < 4.78 is 0. The van der Waals surface area contributed by atoms with E-state index in [9.17, 15) is 19.8 Å². The molecule has 0 bridgehead atoms. The van der Waals surface area contributed by atoms with E-state index >= 15 is 0 Å². The van der Waals surface area contributed by atoms with Gasteiger partial charge in [-0.1, -0.05) is 6.92 Å². The van der Waals surface area contributed by atoms with E-state index in [1.807, 2.05) is 6.92 Å². The Balaban J connectivity index is 2.06. The number of carboxylic acid groups (broad SMARTS) is 1. The highest BCUT2D eigenvalue weighted by Gasteiger charge is 2.45. The predicted molar refractivity (Wildman–Crippen MR) is 61.6 cm³/mol. The van der Waals surface area contributed by atoms with Crippen LogP contribution in [0.25, 0.3) is 0 Å². The third-order valence-corrected chi connectivity index (χ3v) is 4.00. The van der Waals surface area contributed by atoms with Crippen LogP contribution in [0.5, 0.6) is 0 Å². The Kier molecular flexibility index (Phi) is 3.59. The summed E-state index contributed by atoms with van der Waals surface area (Å²) in [5, 5.41) is 28.0. The lowest BCUT2D eigenvalue weighted by atomic mass is 9.95. The van der Waals surface area contributed by atoms with Gasteiger partial charge in [0.15, 0.2) is 0 Å². The molecule has 6 heteroatoms. The summed E-state index contributed by atoms with van der Waals surface area (Å²) in [6.45, 7) is 2.13. The van der Waals surface area contributed by atoms with Gasteiger partial charge in [0.1, 0.15) is 0 Å². The van der Waals surface area contributed by atoms with Gasteiger partial charge in [-0.3, -0.25) is 9.59 Å². The fraction of sp³-hybridized carbons (Fsp3) is 0.833. The largest absolute Gasteiger partial charge is 0.481 e. The van der Waals surface area contributed by atoms with Gasteiger partial charge in [0.2, 0.25) is 5.91 Å². The van der Waals surface area contributed by atoms with Crippen LogP contribution in [0.3, 0.4) is 0 Å². The lowest BCUT2D eigenvalue weighted by molar-refractivity contribution is -0.148. The third kappa shape index (κ3) is 2.35. The summed E-state index contributed by atoms with van der Waals surface area (Å²) in [6.07, 6.45) is -0.754.